The molecule has 4 N–H and O–H groups in total. The Morgan fingerprint density at radius 3 is 2.19 bits per heavy atom. The molecular formula is C9H16N2O5. The van der Waals surface area contributed by atoms with E-state index in [0.717, 1.165) is 0 Å². The second kappa shape index (κ2) is 6.78. The van der Waals surface area contributed by atoms with Gasteiger partial charge >= 0.3 is 5.97 Å². The lowest BCUT2D eigenvalue weighted by Gasteiger charge is -2.10. The van der Waals surface area contributed by atoms with Gasteiger partial charge in [-0.1, -0.05) is 0 Å². The van der Waals surface area contributed by atoms with Gasteiger partial charge in [-0.25, -0.2) is 0 Å². The van der Waals surface area contributed by atoms with Crippen LogP contribution in [-0.2, 0) is 14.4 Å². The molecule has 0 saturated carbocycles. The normalized spacial score (nSPS) is 13.7. The third-order valence-electron chi connectivity index (χ3n) is 1.67. The summed E-state index contributed by atoms with van der Waals surface area (Å²) >= 11 is 0. The van der Waals surface area contributed by atoms with Gasteiger partial charge in [-0.3, -0.25) is 14.4 Å². The molecule has 0 aliphatic heterocycles. The van der Waals surface area contributed by atoms with E-state index in [1.807, 2.05) is 0 Å². The highest BCUT2D eigenvalue weighted by molar-refractivity contribution is 5.87. The van der Waals surface area contributed by atoms with Crippen LogP contribution in [0.1, 0.15) is 20.3 Å². The molecule has 7 nitrogen and oxygen atoms in total. The second-order valence-corrected chi connectivity index (χ2v) is 3.46. The summed E-state index contributed by atoms with van der Waals surface area (Å²) in [6.45, 7) is 2.47. The van der Waals surface area contributed by atoms with E-state index in [-0.39, 0.29) is 13.0 Å². The Morgan fingerprint density at radius 2 is 1.75 bits per heavy atom. The molecule has 2 atom stereocenters. The summed E-state index contributed by atoms with van der Waals surface area (Å²) in [5.74, 6) is -2.20. The minimum atomic E-state index is -1.15. The minimum Gasteiger partial charge on any atom is -0.480 e. The SMILES string of the molecule is CC(O)CC(=O)NCC(=O)N[C@@H](C)C(=O)O. The van der Waals surface area contributed by atoms with E-state index in [4.69, 9.17) is 10.2 Å². The molecule has 0 aromatic carbocycles. The van der Waals surface area contributed by atoms with E-state index < -0.39 is 29.9 Å². The Labute approximate surface area is 92.8 Å². The summed E-state index contributed by atoms with van der Waals surface area (Å²) < 4.78 is 0. The Kier molecular flexibility index (Phi) is 6.09. The van der Waals surface area contributed by atoms with Crippen LogP contribution in [0.4, 0.5) is 0 Å². The summed E-state index contributed by atoms with van der Waals surface area (Å²) in [4.78, 5) is 32.5. The van der Waals surface area contributed by atoms with Crippen molar-refractivity contribution in [3.8, 4) is 0 Å². The quantitative estimate of drug-likeness (QED) is 0.443. The summed E-state index contributed by atoms with van der Waals surface area (Å²) in [6.07, 6.45) is -0.872. The lowest BCUT2D eigenvalue weighted by Crippen LogP contribution is -2.44. The molecule has 0 bridgehead atoms. The van der Waals surface area contributed by atoms with E-state index >= 15 is 0 Å². The largest absolute Gasteiger partial charge is 0.480 e. The number of hydrogen-bond donors (Lipinski definition) is 4. The first kappa shape index (κ1) is 14.4. The number of carbonyl (C=O) groups is 3. The molecule has 7 heteroatoms. The summed E-state index contributed by atoms with van der Waals surface area (Å²) in [5.41, 5.74) is 0. The Bertz CT molecular complexity index is 277. The molecule has 0 spiro atoms. The molecule has 92 valence electrons. The average molecular weight is 232 g/mol. The third kappa shape index (κ3) is 6.77. The number of aliphatic hydroxyl groups excluding tert-OH is 1. The number of amides is 2. The predicted octanol–water partition coefficient (Wildman–Crippen LogP) is -1.54. The molecule has 0 saturated heterocycles. The fourth-order valence-corrected chi connectivity index (χ4v) is 0.874. The maximum absolute atomic E-state index is 11.1. The summed E-state index contributed by atoms with van der Waals surface area (Å²) in [6, 6.07) is -0.999. The second-order valence-electron chi connectivity index (χ2n) is 3.46. The Balaban J connectivity index is 3.81. The molecule has 2 amide bonds. The number of nitrogens with one attached hydrogen (secondary N) is 2. The molecule has 0 aliphatic rings. The zero-order valence-electron chi connectivity index (χ0n) is 9.19. The highest BCUT2D eigenvalue weighted by Crippen LogP contribution is 1.88. The molecule has 0 aromatic rings. The van der Waals surface area contributed by atoms with Gasteiger partial charge in [0, 0.05) is 0 Å². The molecule has 0 aliphatic carbocycles. The third-order valence-corrected chi connectivity index (χ3v) is 1.67. The Hall–Kier alpha value is -1.63. The van der Waals surface area contributed by atoms with E-state index in [9.17, 15) is 14.4 Å². The molecule has 0 aromatic heterocycles. The van der Waals surface area contributed by atoms with Gasteiger partial charge in [0.2, 0.25) is 11.8 Å². The minimum absolute atomic E-state index is 0.0955. The zero-order chi connectivity index (χ0) is 12.7. The first-order valence-corrected chi connectivity index (χ1v) is 4.80. The van der Waals surface area contributed by atoms with Crippen molar-refractivity contribution < 1.29 is 24.6 Å². The van der Waals surface area contributed by atoms with Crippen molar-refractivity contribution in [1.29, 1.82) is 0 Å². The lowest BCUT2D eigenvalue weighted by atomic mass is 10.3. The molecular weight excluding hydrogens is 216 g/mol. The van der Waals surface area contributed by atoms with Crippen molar-refractivity contribution in [2.45, 2.75) is 32.4 Å². The molecule has 0 radical (unpaired) electrons. The fourth-order valence-electron chi connectivity index (χ4n) is 0.874. The van der Waals surface area contributed by atoms with Gasteiger partial charge in [0.25, 0.3) is 0 Å². The monoisotopic (exact) mass is 232 g/mol. The van der Waals surface area contributed by atoms with Crippen molar-refractivity contribution in [3.63, 3.8) is 0 Å². The number of aliphatic carboxylic acids is 1. The van der Waals surface area contributed by atoms with Gasteiger partial charge < -0.3 is 20.8 Å². The Morgan fingerprint density at radius 1 is 1.19 bits per heavy atom. The highest BCUT2D eigenvalue weighted by atomic mass is 16.4. The highest BCUT2D eigenvalue weighted by Gasteiger charge is 2.14. The first-order chi connectivity index (χ1) is 7.32. The molecule has 16 heavy (non-hydrogen) atoms. The smallest absolute Gasteiger partial charge is 0.325 e. The van der Waals surface area contributed by atoms with Gasteiger partial charge in [0.05, 0.1) is 19.1 Å². The van der Waals surface area contributed by atoms with Crippen LogP contribution in [0.3, 0.4) is 0 Å². The van der Waals surface area contributed by atoms with Crippen molar-refractivity contribution in [2.24, 2.45) is 0 Å². The lowest BCUT2D eigenvalue weighted by molar-refractivity contribution is -0.141. The molecule has 0 heterocycles. The fraction of sp³-hybridized carbons (Fsp3) is 0.667. The van der Waals surface area contributed by atoms with Crippen LogP contribution in [0, 0.1) is 0 Å². The molecule has 0 fully saturated rings. The maximum Gasteiger partial charge on any atom is 0.325 e. The van der Waals surface area contributed by atoms with E-state index in [0.29, 0.717) is 0 Å². The average Bonchev–Trinajstić information content (AvgIpc) is 2.13. The van der Waals surface area contributed by atoms with Gasteiger partial charge in [0.1, 0.15) is 6.04 Å². The molecule has 1 unspecified atom stereocenters. The van der Waals surface area contributed by atoms with Crippen LogP contribution in [-0.4, -0.2) is 46.7 Å². The van der Waals surface area contributed by atoms with E-state index in [2.05, 4.69) is 10.6 Å². The predicted molar refractivity (Wildman–Crippen MR) is 54.5 cm³/mol. The maximum atomic E-state index is 11.1. The van der Waals surface area contributed by atoms with Gasteiger partial charge in [-0.05, 0) is 13.8 Å². The summed E-state index contributed by atoms with van der Waals surface area (Å²) in [5, 5.41) is 21.8. The number of hydrogen-bond acceptors (Lipinski definition) is 4. The van der Waals surface area contributed by atoms with Crippen LogP contribution in [0.25, 0.3) is 0 Å². The molecule has 0 rings (SSSR count). The van der Waals surface area contributed by atoms with Crippen molar-refractivity contribution in [1.82, 2.24) is 10.6 Å². The van der Waals surface area contributed by atoms with Crippen LogP contribution < -0.4 is 10.6 Å². The van der Waals surface area contributed by atoms with Crippen LogP contribution in [0.15, 0.2) is 0 Å². The topological polar surface area (TPSA) is 116 Å². The van der Waals surface area contributed by atoms with Crippen molar-refractivity contribution in [3.05, 3.63) is 0 Å². The van der Waals surface area contributed by atoms with Gasteiger partial charge in [0.15, 0.2) is 0 Å². The zero-order valence-corrected chi connectivity index (χ0v) is 9.19. The number of carbonyl (C=O) groups excluding carboxylic acids is 2. The van der Waals surface area contributed by atoms with Crippen molar-refractivity contribution in [2.75, 3.05) is 6.54 Å². The van der Waals surface area contributed by atoms with Crippen LogP contribution >= 0.6 is 0 Å². The summed E-state index contributed by atoms with van der Waals surface area (Å²) in [7, 11) is 0. The first-order valence-electron chi connectivity index (χ1n) is 4.80. The number of aliphatic hydroxyl groups is 1. The van der Waals surface area contributed by atoms with Crippen LogP contribution in [0.5, 0.6) is 0 Å². The van der Waals surface area contributed by atoms with Crippen LogP contribution in [0.2, 0.25) is 0 Å². The standard InChI is InChI=1S/C9H16N2O5/c1-5(12)3-7(13)10-4-8(14)11-6(2)9(15)16/h5-6,12H,3-4H2,1-2H3,(H,10,13)(H,11,14)(H,15,16)/t5?,6-/m0/s1. The number of carboxylic acid groups (broad SMARTS) is 1. The van der Waals surface area contributed by atoms with Gasteiger partial charge in [-0.15, -0.1) is 0 Å². The van der Waals surface area contributed by atoms with Crippen molar-refractivity contribution >= 4 is 17.8 Å². The van der Waals surface area contributed by atoms with E-state index in [1.165, 1.54) is 13.8 Å². The van der Waals surface area contributed by atoms with E-state index in [1.54, 1.807) is 0 Å². The number of carboxylic acids is 1. The number of rotatable bonds is 6. The van der Waals surface area contributed by atoms with Gasteiger partial charge in [-0.2, -0.15) is 0 Å².